The van der Waals surface area contributed by atoms with Crippen LogP contribution in [0.1, 0.15) is 59.8 Å². The number of thiol groups is 1. The molecule has 0 aliphatic carbocycles. The van der Waals surface area contributed by atoms with Gasteiger partial charge in [0.15, 0.2) is 0 Å². The molecule has 0 aromatic carbocycles. The van der Waals surface area contributed by atoms with Crippen molar-refractivity contribution in [3.05, 3.63) is 0 Å². The van der Waals surface area contributed by atoms with Crippen molar-refractivity contribution >= 4 is 18.9 Å². The quantitative estimate of drug-likeness (QED) is 0.560. The second-order valence-corrected chi connectivity index (χ2v) is 3.66. The fourth-order valence-corrected chi connectivity index (χ4v) is 0.950. The minimum atomic E-state index is -0.293. The average Bonchev–Trinajstić information content (AvgIpc) is 2.25. The van der Waals surface area contributed by atoms with Gasteiger partial charge in [0.1, 0.15) is 0 Å². The number of unbranched alkanes of at least 4 members (excludes halogenated alkanes) is 1. The fourth-order valence-electron chi connectivity index (χ4n) is 0.821. The first-order valence-electron chi connectivity index (χ1n) is 5.46. The molecule has 0 aromatic rings. The zero-order valence-corrected chi connectivity index (χ0v) is 10.8. The zero-order valence-electron chi connectivity index (χ0n) is 9.88. The van der Waals surface area contributed by atoms with Crippen molar-refractivity contribution in [3.63, 3.8) is 0 Å². The lowest BCUT2D eigenvalue weighted by atomic mass is 10.0. The minimum Gasteiger partial charge on any atom is -0.395 e. The highest BCUT2D eigenvalue weighted by molar-refractivity contribution is 7.75. The van der Waals surface area contributed by atoms with E-state index < -0.39 is 0 Å². The Morgan fingerprint density at radius 1 is 1.36 bits per heavy atom. The number of carbonyl (C=O) groups excluding carboxylic acids is 1. The smallest absolute Gasteiger partial charge is 0.317 e. The van der Waals surface area contributed by atoms with E-state index in [1.165, 1.54) is 25.7 Å². The molecule has 3 heteroatoms. The molecule has 0 heterocycles. The molecule has 1 atom stereocenters. The largest absolute Gasteiger partial charge is 0.395 e. The minimum absolute atomic E-state index is 0.293. The standard InChI is InChI=1S/C8H18.C3H6O2S/c1-4-6-7-8(3)5-2;1-2-3(4)5-6/h8H,4-7H2,1-3H3;6H,2H2,1H3. The number of hydrogen-bond donors (Lipinski definition) is 1. The molecule has 0 rings (SSSR count). The lowest BCUT2D eigenvalue weighted by molar-refractivity contribution is -0.132. The average molecular weight is 220 g/mol. The zero-order chi connectivity index (χ0) is 11.4. The van der Waals surface area contributed by atoms with Gasteiger partial charge in [0.25, 0.3) is 0 Å². The van der Waals surface area contributed by atoms with Crippen LogP contribution >= 0.6 is 12.9 Å². The Kier molecular flexibility index (Phi) is 14.9. The van der Waals surface area contributed by atoms with Crippen LogP contribution in [-0.2, 0) is 8.98 Å². The maximum atomic E-state index is 9.88. The van der Waals surface area contributed by atoms with Gasteiger partial charge in [-0.05, 0) is 5.92 Å². The van der Waals surface area contributed by atoms with Gasteiger partial charge >= 0.3 is 5.97 Å². The second-order valence-electron chi connectivity index (χ2n) is 3.47. The lowest BCUT2D eigenvalue weighted by Crippen LogP contribution is -1.90. The Balaban J connectivity index is 0. The van der Waals surface area contributed by atoms with Crippen molar-refractivity contribution < 1.29 is 8.98 Å². The van der Waals surface area contributed by atoms with Crippen molar-refractivity contribution in [2.75, 3.05) is 0 Å². The molecule has 0 aliphatic heterocycles. The lowest BCUT2D eigenvalue weighted by Gasteiger charge is -2.04. The van der Waals surface area contributed by atoms with Crippen molar-refractivity contribution in [1.82, 2.24) is 0 Å². The number of rotatable bonds is 5. The molecule has 2 nitrogen and oxygen atoms in total. The van der Waals surface area contributed by atoms with Gasteiger partial charge in [-0.15, -0.1) is 0 Å². The molecule has 1 unspecified atom stereocenters. The first-order chi connectivity index (χ1) is 6.62. The summed E-state index contributed by atoms with van der Waals surface area (Å²) in [6, 6.07) is 0. The van der Waals surface area contributed by atoms with Gasteiger partial charge in [-0.3, -0.25) is 4.79 Å². The topological polar surface area (TPSA) is 26.3 Å². The van der Waals surface area contributed by atoms with Gasteiger partial charge < -0.3 is 4.18 Å². The van der Waals surface area contributed by atoms with Crippen molar-refractivity contribution in [3.8, 4) is 0 Å². The molecule has 0 radical (unpaired) electrons. The molecule has 0 fully saturated rings. The first-order valence-corrected chi connectivity index (χ1v) is 5.82. The molecule has 0 aromatic heterocycles. The summed E-state index contributed by atoms with van der Waals surface area (Å²) in [6.45, 7) is 8.55. The predicted octanol–water partition coefficient (Wildman–Crippen LogP) is 4.01. The van der Waals surface area contributed by atoms with E-state index in [9.17, 15) is 4.79 Å². The predicted molar refractivity (Wildman–Crippen MR) is 64.3 cm³/mol. The van der Waals surface area contributed by atoms with Crippen LogP contribution in [0.2, 0.25) is 0 Å². The van der Waals surface area contributed by atoms with Gasteiger partial charge in [0, 0.05) is 19.3 Å². The summed E-state index contributed by atoms with van der Waals surface area (Å²) in [5.74, 6) is 0.660. The van der Waals surface area contributed by atoms with E-state index in [1.54, 1.807) is 6.92 Å². The van der Waals surface area contributed by atoms with Crippen LogP contribution in [0, 0.1) is 5.92 Å². The van der Waals surface area contributed by atoms with Gasteiger partial charge in [-0.1, -0.05) is 53.4 Å². The summed E-state index contributed by atoms with van der Waals surface area (Å²) >= 11 is 3.25. The molecule has 86 valence electrons. The maximum Gasteiger partial charge on any atom is 0.317 e. The summed E-state index contributed by atoms with van der Waals surface area (Å²) in [4.78, 5) is 9.88. The molecule has 0 spiro atoms. The number of carbonyl (C=O) groups is 1. The summed E-state index contributed by atoms with van der Waals surface area (Å²) in [5, 5.41) is 0. The van der Waals surface area contributed by atoms with E-state index in [4.69, 9.17) is 0 Å². The monoisotopic (exact) mass is 220 g/mol. The highest BCUT2D eigenvalue weighted by Crippen LogP contribution is 2.09. The fraction of sp³-hybridized carbons (Fsp3) is 0.909. The first kappa shape index (κ1) is 16.3. The van der Waals surface area contributed by atoms with Crippen LogP contribution in [0.4, 0.5) is 0 Å². The van der Waals surface area contributed by atoms with Gasteiger partial charge in [0.2, 0.25) is 0 Å². The molecule has 14 heavy (non-hydrogen) atoms. The number of hydrogen-bond acceptors (Lipinski definition) is 3. The van der Waals surface area contributed by atoms with Crippen molar-refractivity contribution in [1.29, 1.82) is 0 Å². The molecule has 0 saturated heterocycles. The Morgan fingerprint density at radius 2 is 1.93 bits per heavy atom. The van der Waals surface area contributed by atoms with Crippen molar-refractivity contribution in [2.45, 2.75) is 59.8 Å². The summed E-state index contributed by atoms with van der Waals surface area (Å²) in [5.41, 5.74) is 0. The van der Waals surface area contributed by atoms with E-state index in [-0.39, 0.29) is 5.97 Å². The normalized spacial score (nSPS) is 11.2. The summed E-state index contributed by atoms with van der Waals surface area (Å²) in [7, 11) is 0. The van der Waals surface area contributed by atoms with E-state index in [2.05, 4.69) is 37.9 Å². The Hall–Kier alpha value is -0.180. The molecule has 0 N–H and O–H groups in total. The van der Waals surface area contributed by atoms with Crippen LogP contribution in [-0.4, -0.2) is 5.97 Å². The molecular formula is C11H24O2S. The second kappa shape index (κ2) is 12.8. The molecule has 0 bridgehead atoms. The van der Waals surface area contributed by atoms with Gasteiger partial charge in [0.05, 0.1) is 0 Å². The third-order valence-electron chi connectivity index (χ3n) is 2.14. The van der Waals surface area contributed by atoms with Gasteiger partial charge in [-0.2, -0.15) is 0 Å². The van der Waals surface area contributed by atoms with Crippen LogP contribution < -0.4 is 0 Å². The molecule has 0 aliphatic rings. The van der Waals surface area contributed by atoms with E-state index >= 15 is 0 Å². The van der Waals surface area contributed by atoms with Gasteiger partial charge in [-0.25, -0.2) is 0 Å². The third-order valence-corrected chi connectivity index (χ3v) is 2.34. The maximum absolute atomic E-state index is 9.88. The SMILES string of the molecule is CCC(=O)OS.CCCCC(C)CC. The van der Waals surface area contributed by atoms with Crippen molar-refractivity contribution in [2.24, 2.45) is 5.92 Å². The van der Waals surface area contributed by atoms with Crippen LogP contribution in [0.5, 0.6) is 0 Å². The molecular weight excluding hydrogens is 196 g/mol. The Labute approximate surface area is 94.0 Å². The summed E-state index contributed by atoms with van der Waals surface area (Å²) in [6.07, 6.45) is 5.93. The van der Waals surface area contributed by atoms with Crippen LogP contribution in [0.3, 0.4) is 0 Å². The van der Waals surface area contributed by atoms with E-state index in [0.29, 0.717) is 6.42 Å². The van der Waals surface area contributed by atoms with E-state index in [0.717, 1.165) is 5.92 Å². The third kappa shape index (κ3) is 14.3. The van der Waals surface area contributed by atoms with Crippen LogP contribution in [0.25, 0.3) is 0 Å². The Morgan fingerprint density at radius 3 is 2.14 bits per heavy atom. The Bertz CT molecular complexity index is 120. The van der Waals surface area contributed by atoms with Crippen LogP contribution in [0.15, 0.2) is 0 Å². The highest BCUT2D eigenvalue weighted by Gasteiger charge is 1.94. The molecule has 0 amide bonds. The van der Waals surface area contributed by atoms with E-state index in [1.807, 2.05) is 0 Å². The highest BCUT2D eigenvalue weighted by atomic mass is 32.1. The summed E-state index contributed by atoms with van der Waals surface area (Å²) < 4.78 is 3.95. The molecule has 0 saturated carbocycles.